The lowest BCUT2D eigenvalue weighted by molar-refractivity contribution is 0.363. The van der Waals surface area contributed by atoms with Crippen LogP contribution < -0.4 is 10.2 Å². The van der Waals surface area contributed by atoms with Crippen LogP contribution in [0, 0.1) is 0 Å². The molecule has 156 valence electrons. The van der Waals surface area contributed by atoms with Crippen LogP contribution in [-0.4, -0.2) is 9.97 Å². The lowest BCUT2D eigenvalue weighted by Crippen LogP contribution is -2.05. The molecule has 0 saturated carbocycles. The standard InChI is InChI=1S/C20H13F5N2O2S/c21-30(22,23,24,25)15-6-4-14(5-7-15)29-20-16(2-1-10-27-20)13-3-8-17-18(12-13)26-11-9-19(17)28/h1-12H,(H,26,28). The van der Waals surface area contributed by atoms with Crippen molar-refractivity contribution in [3.05, 3.63) is 83.3 Å². The molecule has 0 fully saturated rings. The first-order chi connectivity index (χ1) is 13.9. The van der Waals surface area contributed by atoms with Crippen molar-refractivity contribution in [3.63, 3.8) is 0 Å². The summed E-state index contributed by atoms with van der Waals surface area (Å²) < 4.78 is 69.9. The van der Waals surface area contributed by atoms with E-state index in [0.29, 0.717) is 22.0 Å². The smallest absolute Gasteiger partial charge is 0.310 e. The van der Waals surface area contributed by atoms with Gasteiger partial charge in [-0.05, 0) is 54.1 Å². The van der Waals surface area contributed by atoms with E-state index in [1.807, 2.05) is 0 Å². The topological polar surface area (TPSA) is 55.0 Å². The third-order valence-corrected chi connectivity index (χ3v) is 5.49. The lowest BCUT2D eigenvalue weighted by atomic mass is 10.0. The highest BCUT2D eigenvalue weighted by atomic mass is 32.5. The normalized spacial score (nSPS) is 14.2. The Morgan fingerprint density at radius 1 is 0.900 bits per heavy atom. The number of fused-ring (bicyclic) bond motifs is 1. The maximum absolute atomic E-state index is 12.9. The van der Waals surface area contributed by atoms with Gasteiger partial charge in [0, 0.05) is 34.9 Å². The van der Waals surface area contributed by atoms with Gasteiger partial charge in [-0.2, -0.15) is 0 Å². The van der Waals surface area contributed by atoms with Crippen LogP contribution in [-0.2, 0) is 0 Å². The number of rotatable bonds is 4. The summed E-state index contributed by atoms with van der Waals surface area (Å²) in [7, 11) is -9.75. The Kier molecular flexibility index (Phi) is 4.01. The van der Waals surface area contributed by atoms with E-state index in [1.54, 1.807) is 30.3 Å². The van der Waals surface area contributed by atoms with Crippen molar-refractivity contribution < 1.29 is 24.2 Å². The summed E-state index contributed by atoms with van der Waals surface area (Å²) in [6, 6.07) is 11.9. The fourth-order valence-electron chi connectivity index (χ4n) is 2.91. The van der Waals surface area contributed by atoms with Gasteiger partial charge in [-0.25, -0.2) is 4.98 Å². The highest BCUT2D eigenvalue weighted by Crippen LogP contribution is 3.02. The van der Waals surface area contributed by atoms with Gasteiger partial charge in [0.05, 0.1) is 0 Å². The minimum absolute atomic E-state index is 0.0650. The number of benzene rings is 2. The predicted molar refractivity (Wildman–Crippen MR) is 106 cm³/mol. The van der Waals surface area contributed by atoms with Gasteiger partial charge < -0.3 is 9.72 Å². The molecule has 0 unspecified atom stereocenters. The zero-order valence-electron chi connectivity index (χ0n) is 15.0. The minimum atomic E-state index is -9.75. The summed E-state index contributed by atoms with van der Waals surface area (Å²) >= 11 is 0. The van der Waals surface area contributed by atoms with Crippen molar-refractivity contribution in [3.8, 4) is 22.8 Å². The highest BCUT2D eigenvalue weighted by Gasteiger charge is 2.65. The molecule has 4 rings (SSSR count). The summed E-state index contributed by atoms with van der Waals surface area (Å²) in [6.07, 6.45) is 2.93. The summed E-state index contributed by atoms with van der Waals surface area (Å²) in [5.41, 5.74) is 1.56. The van der Waals surface area contributed by atoms with E-state index in [4.69, 9.17) is 4.74 Å². The Hall–Kier alpha value is -3.40. The molecular weight excluding hydrogens is 427 g/mol. The number of halogens is 5. The molecule has 0 atom stereocenters. The van der Waals surface area contributed by atoms with E-state index in [9.17, 15) is 24.2 Å². The molecule has 4 nitrogen and oxygen atoms in total. The second-order valence-corrected chi connectivity index (χ2v) is 8.91. The molecule has 0 radical (unpaired) electrons. The summed E-state index contributed by atoms with van der Waals surface area (Å²) in [5, 5.41) is 0.485. The van der Waals surface area contributed by atoms with Crippen molar-refractivity contribution in [2.24, 2.45) is 0 Å². The van der Waals surface area contributed by atoms with Crippen molar-refractivity contribution in [1.82, 2.24) is 9.97 Å². The maximum atomic E-state index is 12.9. The molecule has 1 N–H and O–H groups in total. The minimum Gasteiger partial charge on any atom is -0.438 e. The molecule has 0 amide bonds. The zero-order valence-corrected chi connectivity index (χ0v) is 15.8. The second kappa shape index (κ2) is 6.05. The van der Waals surface area contributed by atoms with Crippen LogP contribution in [0.15, 0.2) is 82.7 Å². The third-order valence-electron chi connectivity index (χ3n) is 4.32. The molecule has 2 aromatic heterocycles. The van der Waals surface area contributed by atoms with Crippen LogP contribution >= 0.6 is 10.2 Å². The first kappa shape index (κ1) is 19.9. The van der Waals surface area contributed by atoms with Crippen LogP contribution in [0.25, 0.3) is 22.0 Å². The number of aromatic nitrogens is 2. The second-order valence-electron chi connectivity index (χ2n) is 6.50. The van der Waals surface area contributed by atoms with Gasteiger partial charge in [0.15, 0.2) is 5.43 Å². The first-order valence-electron chi connectivity index (χ1n) is 8.50. The zero-order chi connectivity index (χ0) is 21.6. The van der Waals surface area contributed by atoms with Crippen LogP contribution in [0.2, 0.25) is 0 Å². The number of hydrogen-bond donors (Lipinski definition) is 1. The average Bonchev–Trinajstić information content (AvgIpc) is 2.67. The largest absolute Gasteiger partial charge is 0.438 e. The lowest BCUT2D eigenvalue weighted by Gasteiger charge is -2.40. The molecule has 2 aromatic carbocycles. The van der Waals surface area contributed by atoms with Crippen LogP contribution in [0.3, 0.4) is 0 Å². The van der Waals surface area contributed by atoms with Crippen molar-refractivity contribution in [1.29, 1.82) is 0 Å². The summed E-state index contributed by atoms with van der Waals surface area (Å²) in [5.74, 6) is -0.0232. The molecule has 30 heavy (non-hydrogen) atoms. The monoisotopic (exact) mass is 440 g/mol. The van der Waals surface area contributed by atoms with Crippen molar-refractivity contribution in [2.75, 3.05) is 0 Å². The van der Waals surface area contributed by atoms with Gasteiger partial charge in [0.1, 0.15) is 10.6 Å². The number of hydrogen-bond acceptors (Lipinski definition) is 3. The number of ether oxygens (including phenoxy) is 1. The Labute approximate surface area is 166 Å². The van der Waals surface area contributed by atoms with E-state index >= 15 is 0 Å². The number of H-pyrrole nitrogens is 1. The van der Waals surface area contributed by atoms with Gasteiger partial charge >= 0.3 is 10.2 Å². The van der Waals surface area contributed by atoms with E-state index in [-0.39, 0.29) is 29.2 Å². The van der Waals surface area contributed by atoms with Crippen LogP contribution in [0.5, 0.6) is 11.6 Å². The molecular formula is C20H13F5N2O2S. The fraction of sp³-hybridized carbons (Fsp3) is 0. The summed E-state index contributed by atoms with van der Waals surface area (Å²) in [6.45, 7) is 0. The average molecular weight is 440 g/mol. The molecule has 10 heteroatoms. The van der Waals surface area contributed by atoms with Gasteiger partial charge in [0.2, 0.25) is 5.88 Å². The Balaban J connectivity index is 1.71. The van der Waals surface area contributed by atoms with Crippen molar-refractivity contribution >= 4 is 21.1 Å². The molecule has 0 aliphatic heterocycles. The molecule has 0 aliphatic rings. The van der Waals surface area contributed by atoms with Gasteiger partial charge in [0.25, 0.3) is 0 Å². The Morgan fingerprint density at radius 3 is 2.33 bits per heavy atom. The van der Waals surface area contributed by atoms with Crippen LogP contribution in [0.1, 0.15) is 0 Å². The number of pyridine rings is 2. The van der Waals surface area contributed by atoms with Crippen LogP contribution in [0.4, 0.5) is 19.4 Å². The van der Waals surface area contributed by atoms with Crippen molar-refractivity contribution in [2.45, 2.75) is 4.90 Å². The van der Waals surface area contributed by atoms with E-state index in [2.05, 4.69) is 9.97 Å². The SMILES string of the molecule is O=c1cc[nH]c2cc(-c3cccnc3Oc3ccc(S(F)(F)(F)(F)F)cc3)ccc12. The Morgan fingerprint density at radius 2 is 1.63 bits per heavy atom. The number of aromatic amines is 1. The molecule has 2 heterocycles. The van der Waals surface area contributed by atoms with E-state index in [0.717, 1.165) is 12.1 Å². The van der Waals surface area contributed by atoms with E-state index < -0.39 is 15.1 Å². The van der Waals surface area contributed by atoms with E-state index in [1.165, 1.54) is 18.5 Å². The molecule has 0 bridgehead atoms. The molecule has 0 aliphatic carbocycles. The van der Waals surface area contributed by atoms with Gasteiger partial charge in [-0.3, -0.25) is 4.79 Å². The molecule has 0 spiro atoms. The Bertz CT molecular complexity index is 1320. The molecule has 4 aromatic rings. The predicted octanol–water partition coefficient (Wildman–Crippen LogP) is 7.04. The number of nitrogens with zero attached hydrogens (tertiary/aromatic N) is 1. The first-order valence-corrected chi connectivity index (χ1v) is 10.4. The third kappa shape index (κ3) is 3.99. The van der Waals surface area contributed by atoms with Gasteiger partial charge in [-0.15, -0.1) is 0 Å². The summed E-state index contributed by atoms with van der Waals surface area (Å²) in [4.78, 5) is 16.9. The van der Waals surface area contributed by atoms with Gasteiger partial charge in [-0.1, -0.05) is 25.5 Å². The quantitative estimate of drug-likeness (QED) is 0.346. The molecule has 0 saturated heterocycles. The number of nitrogens with one attached hydrogen (secondary N) is 1. The highest BCUT2D eigenvalue weighted by molar-refractivity contribution is 8.45. The maximum Gasteiger partial charge on any atom is 0.310 e. The fourth-order valence-corrected chi connectivity index (χ4v) is 3.56.